The topological polar surface area (TPSA) is 32.9 Å². The first-order chi connectivity index (χ1) is 27.0. The summed E-state index contributed by atoms with van der Waals surface area (Å²) in [5.74, 6) is 0.794. The van der Waals surface area contributed by atoms with Gasteiger partial charge in [-0.25, -0.2) is 9.98 Å². The van der Waals surface area contributed by atoms with Crippen molar-refractivity contribution in [3.63, 3.8) is 0 Å². The molecule has 1 aromatic heterocycles. The largest absolute Gasteiger partial charge is 0.315 e. The molecule has 3 aliphatic rings. The number of allylic oxidation sites excluding steroid dienone is 1. The normalized spacial score (nSPS) is 16.4. The maximum Gasteiger partial charge on any atom is 0.225 e. The number of guanidine groups is 1. The van der Waals surface area contributed by atoms with Gasteiger partial charge in [0.15, 0.2) is 0 Å². The minimum absolute atomic E-state index is 0.0835. The lowest BCUT2D eigenvalue weighted by Gasteiger charge is -2.22. The van der Waals surface area contributed by atoms with Crippen LogP contribution >= 0.6 is 0 Å². The number of aliphatic imine (C=N–C) groups is 2. The van der Waals surface area contributed by atoms with Crippen molar-refractivity contribution in [2.24, 2.45) is 9.98 Å². The molecule has 0 amide bonds. The highest BCUT2D eigenvalue weighted by Crippen LogP contribution is 2.50. The van der Waals surface area contributed by atoms with E-state index in [0.29, 0.717) is 0 Å². The maximum atomic E-state index is 4.86. The Kier molecular flexibility index (Phi) is 6.99. The lowest BCUT2D eigenvalue weighted by atomic mass is 9.82. The first-order valence-electron chi connectivity index (χ1n) is 19.1. The fourth-order valence-corrected chi connectivity index (χ4v) is 9.16. The molecule has 1 aliphatic carbocycles. The molecule has 4 heteroatoms. The van der Waals surface area contributed by atoms with Gasteiger partial charge < -0.3 is 9.47 Å². The molecule has 8 aromatic rings. The van der Waals surface area contributed by atoms with Gasteiger partial charge in [-0.2, -0.15) is 0 Å². The van der Waals surface area contributed by atoms with E-state index in [1.54, 1.807) is 6.21 Å². The van der Waals surface area contributed by atoms with E-state index in [2.05, 4.69) is 192 Å². The van der Waals surface area contributed by atoms with Crippen molar-refractivity contribution in [1.29, 1.82) is 0 Å². The van der Waals surface area contributed by atoms with Crippen molar-refractivity contribution in [2.45, 2.75) is 25.3 Å². The van der Waals surface area contributed by atoms with E-state index in [1.807, 2.05) is 6.08 Å². The van der Waals surface area contributed by atoms with Crippen LogP contribution in [-0.4, -0.2) is 28.2 Å². The van der Waals surface area contributed by atoms with Crippen LogP contribution in [0, 0.1) is 0 Å². The molecule has 2 aliphatic heterocycles. The summed E-state index contributed by atoms with van der Waals surface area (Å²) in [6.45, 7) is 5.54. The standard InChI is InChI=1S/C51H38N4/c1-51(2)44-17-10-9-16-41(44)42-25-24-40(31-45(42)51)55-47-30-38-23-22-37(33-18-20-34(21-19-33)46-32-54-27-11-26-52-50(54)53-46)28-39(38)29-43(47)48(35-12-5-3-6-13-35)49(55)36-14-7-4-8-15-36/h3-31,46H,32H2,1-2H3. The van der Waals surface area contributed by atoms with Crippen molar-refractivity contribution in [3.8, 4) is 50.3 Å². The molecular weight excluding hydrogens is 669 g/mol. The van der Waals surface area contributed by atoms with E-state index in [0.717, 1.165) is 12.5 Å². The van der Waals surface area contributed by atoms with E-state index >= 15 is 0 Å². The number of benzene rings is 7. The zero-order valence-corrected chi connectivity index (χ0v) is 30.8. The Labute approximate surface area is 321 Å². The van der Waals surface area contributed by atoms with E-state index in [1.165, 1.54) is 88.7 Å². The number of nitrogens with zero attached hydrogens (tertiary/aromatic N) is 4. The number of rotatable bonds is 5. The Morgan fingerprint density at radius 3 is 2.13 bits per heavy atom. The molecular formula is C51H38N4. The van der Waals surface area contributed by atoms with Gasteiger partial charge in [-0.05, 0) is 97.3 Å². The van der Waals surface area contributed by atoms with Crippen molar-refractivity contribution in [1.82, 2.24) is 9.47 Å². The molecule has 0 saturated heterocycles. The molecule has 0 N–H and O–H groups in total. The monoisotopic (exact) mass is 706 g/mol. The zero-order chi connectivity index (χ0) is 36.7. The van der Waals surface area contributed by atoms with Gasteiger partial charge in [0, 0.05) is 34.5 Å². The van der Waals surface area contributed by atoms with Crippen molar-refractivity contribution in [3.05, 3.63) is 187 Å². The van der Waals surface area contributed by atoms with E-state index in [4.69, 9.17) is 4.99 Å². The fraction of sp³-hybridized carbons (Fsp3) is 0.0980. The molecule has 0 bridgehead atoms. The van der Waals surface area contributed by atoms with Gasteiger partial charge in [0.25, 0.3) is 0 Å². The highest BCUT2D eigenvalue weighted by Gasteiger charge is 2.36. The Hall–Kier alpha value is -6.78. The van der Waals surface area contributed by atoms with Crippen LogP contribution in [0.1, 0.15) is 36.6 Å². The van der Waals surface area contributed by atoms with Gasteiger partial charge >= 0.3 is 0 Å². The molecule has 0 fully saturated rings. The van der Waals surface area contributed by atoms with Crippen molar-refractivity contribution >= 4 is 33.8 Å². The second-order valence-electron chi connectivity index (χ2n) is 15.5. The Morgan fingerprint density at radius 2 is 1.33 bits per heavy atom. The molecule has 55 heavy (non-hydrogen) atoms. The second kappa shape index (κ2) is 12.1. The summed E-state index contributed by atoms with van der Waals surface area (Å²) in [6.07, 6.45) is 5.82. The van der Waals surface area contributed by atoms with Crippen LogP contribution in [0.3, 0.4) is 0 Å². The SMILES string of the molecule is CC1(C)c2ccccc2-c2ccc(-n3c(-c4ccccc4)c(-c4ccccc4)c4cc5cc(-c6ccc(C7CN8C=CC=NC8=N7)cc6)ccc5cc43)cc21. The average Bonchev–Trinajstić information content (AvgIpc) is 3.89. The Balaban J connectivity index is 1.09. The van der Waals surface area contributed by atoms with Gasteiger partial charge in [0.05, 0.1) is 23.8 Å². The summed E-state index contributed by atoms with van der Waals surface area (Å²) in [5.41, 5.74) is 16.1. The molecule has 3 heterocycles. The fourth-order valence-electron chi connectivity index (χ4n) is 9.16. The van der Waals surface area contributed by atoms with Gasteiger partial charge in [-0.3, -0.25) is 0 Å². The molecule has 0 spiro atoms. The molecule has 1 atom stereocenters. The third-order valence-corrected chi connectivity index (χ3v) is 11.9. The Morgan fingerprint density at radius 1 is 0.600 bits per heavy atom. The van der Waals surface area contributed by atoms with Crippen molar-refractivity contribution in [2.75, 3.05) is 6.54 Å². The van der Waals surface area contributed by atoms with Gasteiger partial charge in [-0.15, -0.1) is 0 Å². The van der Waals surface area contributed by atoms with Gasteiger partial charge in [-0.1, -0.05) is 141 Å². The lowest BCUT2D eigenvalue weighted by molar-refractivity contribution is 0.546. The van der Waals surface area contributed by atoms with Crippen LogP contribution in [0.25, 0.3) is 72.0 Å². The maximum absolute atomic E-state index is 4.86. The summed E-state index contributed by atoms with van der Waals surface area (Å²) in [4.78, 5) is 11.4. The van der Waals surface area contributed by atoms with Crippen LogP contribution in [-0.2, 0) is 5.41 Å². The quantitative estimate of drug-likeness (QED) is 0.175. The summed E-state index contributed by atoms with van der Waals surface area (Å²) >= 11 is 0. The first-order valence-corrected chi connectivity index (χ1v) is 19.1. The van der Waals surface area contributed by atoms with Gasteiger partial charge in [0.1, 0.15) is 0 Å². The van der Waals surface area contributed by atoms with E-state index in [-0.39, 0.29) is 11.5 Å². The Bertz CT molecular complexity index is 2910. The summed E-state index contributed by atoms with van der Waals surface area (Å²) in [5, 5.41) is 3.67. The molecule has 262 valence electrons. The van der Waals surface area contributed by atoms with Crippen LogP contribution in [0.2, 0.25) is 0 Å². The number of hydrogen-bond donors (Lipinski definition) is 0. The van der Waals surface area contributed by atoms with Crippen LogP contribution in [0.5, 0.6) is 0 Å². The first kappa shape index (κ1) is 31.7. The number of aromatic nitrogens is 1. The van der Waals surface area contributed by atoms with E-state index in [9.17, 15) is 0 Å². The third kappa shape index (κ3) is 4.98. The van der Waals surface area contributed by atoms with Crippen LogP contribution in [0.4, 0.5) is 0 Å². The molecule has 0 saturated carbocycles. The smallest absolute Gasteiger partial charge is 0.225 e. The predicted octanol–water partition coefficient (Wildman–Crippen LogP) is 12.4. The minimum atomic E-state index is -0.103. The molecule has 7 aromatic carbocycles. The lowest BCUT2D eigenvalue weighted by Crippen LogP contribution is -2.22. The minimum Gasteiger partial charge on any atom is -0.315 e. The predicted molar refractivity (Wildman–Crippen MR) is 229 cm³/mol. The average molecular weight is 707 g/mol. The van der Waals surface area contributed by atoms with Crippen LogP contribution in [0.15, 0.2) is 180 Å². The molecule has 4 nitrogen and oxygen atoms in total. The van der Waals surface area contributed by atoms with Crippen molar-refractivity contribution < 1.29 is 0 Å². The van der Waals surface area contributed by atoms with Crippen LogP contribution < -0.4 is 0 Å². The third-order valence-electron chi connectivity index (χ3n) is 11.9. The summed E-state index contributed by atoms with van der Waals surface area (Å²) in [6, 6.07) is 58.5. The van der Waals surface area contributed by atoms with E-state index < -0.39 is 0 Å². The summed E-state index contributed by atoms with van der Waals surface area (Å²) in [7, 11) is 0. The molecule has 1 unspecified atom stereocenters. The zero-order valence-electron chi connectivity index (χ0n) is 30.8. The highest BCUT2D eigenvalue weighted by molar-refractivity contribution is 6.11. The molecule has 0 radical (unpaired) electrons. The second-order valence-corrected chi connectivity index (χ2v) is 15.5. The molecule has 11 rings (SSSR count). The highest BCUT2D eigenvalue weighted by atomic mass is 15.3. The number of hydrogen-bond acceptors (Lipinski definition) is 3. The number of fused-ring (bicyclic) bond motifs is 6. The van der Waals surface area contributed by atoms with Gasteiger partial charge in [0.2, 0.25) is 5.96 Å². The summed E-state index contributed by atoms with van der Waals surface area (Å²) < 4.78 is 2.51.